The zero-order valence-electron chi connectivity index (χ0n) is 14.6. The molecule has 1 atom stereocenters. The summed E-state index contributed by atoms with van der Waals surface area (Å²) in [6, 6.07) is 2.98. The summed E-state index contributed by atoms with van der Waals surface area (Å²) in [7, 11) is 0. The standard InChI is InChI=1S/C18H26N4OS/c1-3-15-10-16-17(19-12-20-18(16)24-15)21-6-4-14(5-7-21)22-8-9-23-13(2)11-22/h10,12-14H,3-9,11H2,1-2H3/t13-/m1/s1. The molecule has 2 saturated heterocycles. The highest BCUT2D eigenvalue weighted by Gasteiger charge is 2.29. The molecule has 0 amide bonds. The Kier molecular flexibility index (Phi) is 4.70. The van der Waals surface area contributed by atoms with E-state index in [0.717, 1.165) is 49.9 Å². The largest absolute Gasteiger partial charge is 0.376 e. The first kappa shape index (κ1) is 16.2. The zero-order valence-corrected chi connectivity index (χ0v) is 15.4. The van der Waals surface area contributed by atoms with Crippen molar-refractivity contribution >= 4 is 27.4 Å². The lowest BCUT2D eigenvalue weighted by molar-refractivity contribution is -0.0373. The molecule has 130 valence electrons. The molecule has 2 aromatic rings. The number of hydrogen-bond acceptors (Lipinski definition) is 6. The lowest BCUT2D eigenvalue weighted by Gasteiger charge is -2.42. The summed E-state index contributed by atoms with van der Waals surface area (Å²) in [6.45, 7) is 9.58. The number of piperidine rings is 1. The number of fused-ring (bicyclic) bond motifs is 1. The van der Waals surface area contributed by atoms with Gasteiger partial charge in [-0.1, -0.05) is 6.92 Å². The van der Waals surface area contributed by atoms with Gasteiger partial charge in [0.05, 0.1) is 18.1 Å². The maximum atomic E-state index is 5.68. The molecule has 5 nitrogen and oxygen atoms in total. The van der Waals surface area contributed by atoms with Crippen LogP contribution in [0.4, 0.5) is 5.82 Å². The van der Waals surface area contributed by atoms with E-state index in [1.54, 1.807) is 17.7 Å². The molecule has 24 heavy (non-hydrogen) atoms. The van der Waals surface area contributed by atoms with Gasteiger partial charge in [-0.2, -0.15) is 0 Å². The number of aryl methyl sites for hydroxylation is 1. The summed E-state index contributed by atoms with van der Waals surface area (Å²) in [6.07, 6.45) is 5.59. The number of rotatable bonds is 3. The quantitative estimate of drug-likeness (QED) is 0.855. The molecule has 0 saturated carbocycles. The molecular formula is C18H26N4OS. The van der Waals surface area contributed by atoms with Gasteiger partial charge in [0.1, 0.15) is 17.0 Å². The molecule has 2 aromatic heterocycles. The van der Waals surface area contributed by atoms with Crippen LogP contribution in [0.2, 0.25) is 0 Å². The summed E-state index contributed by atoms with van der Waals surface area (Å²) < 4.78 is 5.68. The molecule has 0 bridgehead atoms. The molecule has 2 aliphatic heterocycles. The van der Waals surface area contributed by atoms with Crippen molar-refractivity contribution in [1.82, 2.24) is 14.9 Å². The Morgan fingerprint density at radius 1 is 1.25 bits per heavy atom. The minimum atomic E-state index is 0.372. The minimum absolute atomic E-state index is 0.372. The van der Waals surface area contributed by atoms with Crippen LogP contribution < -0.4 is 4.90 Å². The molecule has 6 heteroatoms. The Bertz CT molecular complexity index is 695. The van der Waals surface area contributed by atoms with Gasteiger partial charge in [0, 0.05) is 37.1 Å². The van der Waals surface area contributed by atoms with Gasteiger partial charge < -0.3 is 9.64 Å². The van der Waals surface area contributed by atoms with E-state index < -0.39 is 0 Å². The van der Waals surface area contributed by atoms with Crippen LogP contribution in [0.25, 0.3) is 10.2 Å². The third-order valence-corrected chi connectivity index (χ3v) is 6.45. The number of aromatic nitrogens is 2. The van der Waals surface area contributed by atoms with Crippen molar-refractivity contribution in [2.75, 3.05) is 37.7 Å². The van der Waals surface area contributed by atoms with Crippen molar-refractivity contribution in [3.63, 3.8) is 0 Å². The Labute approximate surface area is 147 Å². The first-order valence-corrected chi connectivity index (χ1v) is 9.90. The third-order valence-electron chi connectivity index (χ3n) is 5.26. The second-order valence-corrected chi connectivity index (χ2v) is 7.99. The fourth-order valence-corrected chi connectivity index (χ4v) is 4.87. The van der Waals surface area contributed by atoms with Gasteiger partial charge >= 0.3 is 0 Å². The summed E-state index contributed by atoms with van der Waals surface area (Å²) in [4.78, 5) is 16.7. The Hall–Kier alpha value is -1.24. The predicted molar refractivity (Wildman–Crippen MR) is 99.0 cm³/mol. The summed E-state index contributed by atoms with van der Waals surface area (Å²) >= 11 is 1.80. The van der Waals surface area contributed by atoms with Crippen LogP contribution in [0.15, 0.2) is 12.4 Å². The maximum Gasteiger partial charge on any atom is 0.140 e. The first-order valence-electron chi connectivity index (χ1n) is 9.08. The van der Waals surface area contributed by atoms with Crippen LogP contribution in [0.3, 0.4) is 0 Å². The van der Waals surface area contributed by atoms with E-state index in [4.69, 9.17) is 4.74 Å². The molecule has 0 aliphatic carbocycles. The van der Waals surface area contributed by atoms with Crippen LogP contribution in [0.5, 0.6) is 0 Å². The predicted octanol–water partition coefficient (Wildman–Crippen LogP) is 2.94. The normalized spacial score (nSPS) is 23.9. The van der Waals surface area contributed by atoms with E-state index in [2.05, 4.69) is 39.7 Å². The minimum Gasteiger partial charge on any atom is -0.376 e. The van der Waals surface area contributed by atoms with Crippen molar-refractivity contribution < 1.29 is 4.74 Å². The van der Waals surface area contributed by atoms with E-state index in [9.17, 15) is 0 Å². The molecule has 0 N–H and O–H groups in total. The Balaban J connectivity index is 1.47. The smallest absolute Gasteiger partial charge is 0.140 e. The molecule has 0 radical (unpaired) electrons. The van der Waals surface area contributed by atoms with E-state index in [-0.39, 0.29) is 0 Å². The molecular weight excluding hydrogens is 320 g/mol. The van der Waals surface area contributed by atoms with Crippen molar-refractivity contribution in [3.05, 3.63) is 17.3 Å². The highest BCUT2D eigenvalue weighted by molar-refractivity contribution is 7.18. The van der Waals surface area contributed by atoms with Gasteiger partial charge in [-0.15, -0.1) is 11.3 Å². The summed E-state index contributed by atoms with van der Waals surface area (Å²) in [5.74, 6) is 1.13. The highest BCUT2D eigenvalue weighted by Crippen LogP contribution is 2.32. The van der Waals surface area contributed by atoms with Crippen molar-refractivity contribution in [2.24, 2.45) is 0 Å². The molecule has 0 aromatic carbocycles. The van der Waals surface area contributed by atoms with Gasteiger partial charge in [0.2, 0.25) is 0 Å². The van der Waals surface area contributed by atoms with Crippen molar-refractivity contribution in [2.45, 2.75) is 45.3 Å². The van der Waals surface area contributed by atoms with Crippen LogP contribution in [-0.2, 0) is 11.2 Å². The van der Waals surface area contributed by atoms with Crippen LogP contribution >= 0.6 is 11.3 Å². The zero-order chi connectivity index (χ0) is 16.5. The highest BCUT2D eigenvalue weighted by atomic mass is 32.1. The van der Waals surface area contributed by atoms with Crippen molar-refractivity contribution in [1.29, 1.82) is 0 Å². The van der Waals surface area contributed by atoms with Gasteiger partial charge in [0.15, 0.2) is 0 Å². The Morgan fingerprint density at radius 3 is 2.83 bits per heavy atom. The number of thiophene rings is 1. The van der Waals surface area contributed by atoms with Crippen LogP contribution in [-0.4, -0.2) is 59.8 Å². The molecule has 0 unspecified atom stereocenters. The average Bonchev–Trinajstić information content (AvgIpc) is 3.05. The monoisotopic (exact) mass is 346 g/mol. The lowest BCUT2D eigenvalue weighted by Crippen LogP contribution is -2.51. The Morgan fingerprint density at radius 2 is 2.08 bits per heavy atom. The number of nitrogens with zero attached hydrogens (tertiary/aromatic N) is 4. The van der Waals surface area contributed by atoms with Gasteiger partial charge in [0.25, 0.3) is 0 Å². The fraction of sp³-hybridized carbons (Fsp3) is 0.667. The topological polar surface area (TPSA) is 41.5 Å². The summed E-state index contributed by atoms with van der Waals surface area (Å²) in [5, 5.41) is 1.23. The number of ether oxygens (including phenoxy) is 1. The molecule has 0 spiro atoms. The van der Waals surface area contributed by atoms with E-state index >= 15 is 0 Å². The lowest BCUT2D eigenvalue weighted by atomic mass is 10.0. The van der Waals surface area contributed by atoms with Gasteiger partial charge in [-0.05, 0) is 32.3 Å². The number of hydrogen-bond donors (Lipinski definition) is 0. The third kappa shape index (κ3) is 3.15. The second kappa shape index (κ2) is 6.94. The first-order chi connectivity index (χ1) is 11.7. The van der Waals surface area contributed by atoms with Crippen LogP contribution in [0, 0.1) is 0 Å². The van der Waals surface area contributed by atoms with Gasteiger partial charge in [-0.25, -0.2) is 9.97 Å². The molecule has 4 rings (SSSR count). The SMILES string of the molecule is CCc1cc2c(N3CCC(N4CCO[C@H](C)C4)CC3)ncnc2s1. The van der Waals surface area contributed by atoms with Crippen LogP contribution in [0.1, 0.15) is 31.6 Å². The van der Waals surface area contributed by atoms with E-state index in [1.165, 1.54) is 23.1 Å². The second-order valence-electron chi connectivity index (χ2n) is 6.88. The van der Waals surface area contributed by atoms with E-state index in [1.807, 2.05) is 0 Å². The number of morpholine rings is 1. The van der Waals surface area contributed by atoms with Crippen molar-refractivity contribution in [3.8, 4) is 0 Å². The summed E-state index contributed by atoms with van der Waals surface area (Å²) in [5.41, 5.74) is 0. The molecule has 4 heterocycles. The van der Waals surface area contributed by atoms with Gasteiger partial charge in [-0.3, -0.25) is 4.90 Å². The van der Waals surface area contributed by atoms with E-state index in [0.29, 0.717) is 12.1 Å². The fourth-order valence-electron chi connectivity index (χ4n) is 3.94. The maximum absolute atomic E-state index is 5.68. The number of anilines is 1. The molecule has 2 fully saturated rings. The molecule has 2 aliphatic rings. The average molecular weight is 347 g/mol.